The molecule has 1 aromatic rings. The summed E-state index contributed by atoms with van der Waals surface area (Å²) < 4.78 is 72.9. The van der Waals surface area contributed by atoms with Crippen LogP contribution in [0.15, 0.2) is 17.2 Å². The van der Waals surface area contributed by atoms with Crippen molar-refractivity contribution in [1.29, 1.82) is 0 Å². The molecule has 0 radical (unpaired) electrons. The summed E-state index contributed by atoms with van der Waals surface area (Å²) in [6, 6.07) is 0.291. The summed E-state index contributed by atoms with van der Waals surface area (Å²) in [5, 5.41) is 0. The summed E-state index contributed by atoms with van der Waals surface area (Å²) in [5.41, 5.74) is -3.78. The van der Waals surface area contributed by atoms with E-state index in [4.69, 9.17) is 0 Å². The van der Waals surface area contributed by atoms with Crippen LogP contribution in [0.5, 0.6) is 0 Å². The number of alkyl halides is 6. The Morgan fingerprint density at radius 1 is 1.00 bits per heavy atom. The lowest BCUT2D eigenvalue weighted by molar-refractivity contribution is -0.165. The van der Waals surface area contributed by atoms with Gasteiger partial charge >= 0.3 is 12.4 Å². The Morgan fingerprint density at radius 2 is 1.53 bits per heavy atom. The Morgan fingerprint density at radius 3 is 1.93 bits per heavy atom. The summed E-state index contributed by atoms with van der Waals surface area (Å²) >= 11 is 3.50. The van der Waals surface area contributed by atoms with Gasteiger partial charge in [-0.05, 0) is 6.07 Å². The number of hydrogen-bond acceptors (Lipinski definition) is 2. The van der Waals surface area contributed by atoms with E-state index in [9.17, 15) is 26.3 Å². The molecule has 0 aliphatic carbocycles. The number of pyridine rings is 1. The lowest BCUT2D eigenvalue weighted by Crippen LogP contribution is -2.18. The molecular weight excluding hydrogens is 244 g/mol. The first-order chi connectivity index (χ1) is 6.62. The molecule has 0 saturated heterocycles. The highest BCUT2D eigenvalue weighted by Gasteiger charge is 2.44. The molecule has 0 aliphatic heterocycles. The van der Waals surface area contributed by atoms with Crippen LogP contribution in [0.1, 0.15) is 11.3 Å². The third-order valence-electron chi connectivity index (χ3n) is 1.45. The summed E-state index contributed by atoms with van der Waals surface area (Å²) in [6.07, 6.45) is -9.62. The minimum absolute atomic E-state index is 0.282. The molecule has 0 aromatic carbocycles. The molecule has 8 heteroatoms. The van der Waals surface area contributed by atoms with Crippen molar-refractivity contribution >= 4 is 12.6 Å². The van der Waals surface area contributed by atoms with E-state index >= 15 is 0 Å². The van der Waals surface area contributed by atoms with Crippen molar-refractivity contribution in [2.24, 2.45) is 0 Å². The zero-order valence-electron chi connectivity index (χ0n) is 6.82. The van der Waals surface area contributed by atoms with Gasteiger partial charge in [-0.1, -0.05) is 0 Å². The summed E-state index contributed by atoms with van der Waals surface area (Å²) in [6.45, 7) is 0. The van der Waals surface area contributed by atoms with Gasteiger partial charge in [-0.15, -0.1) is 12.6 Å². The zero-order valence-corrected chi connectivity index (χ0v) is 7.71. The number of thiol groups is 1. The van der Waals surface area contributed by atoms with Gasteiger partial charge < -0.3 is 0 Å². The molecule has 1 rings (SSSR count). The van der Waals surface area contributed by atoms with E-state index in [2.05, 4.69) is 17.6 Å². The smallest absolute Gasteiger partial charge is 0.250 e. The normalized spacial score (nSPS) is 13.0. The van der Waals surface area contributed by atoms with E-state index in [0.29, 0.717) is 12.3 Å². The SMILES string of the molecule is FC(F)(F)c1cc(S)cnc1C(F)(F)F. The lowest BCUT2D eigenvalue weighted by atomic mass is 10.2. The van der Waals surface area contributed by atoms with Crippen LogP contribution in [-0.2, 0) is 12.4 Å². The van der Waals surface area contributed by atoms with Crippen LogP contribution in [0.3, 0.4) is 0 Å². The van der Waals surface area contributed by atoms with Crippen LogP contribution in [-0.4, -0.2) is 4.98 Å². The molecule has 1 nitrogen and oxygen atoms in total. The second kappa shape index (κ2) is 3.58. The Hall–Kier alpha value is -0.920. The highest BCUT2D eigenvalue weighted by molar-refractivity contribution is 7.80. The maximum atomic E-state index is 12.2. The molecular formula is C7H3F6NS. The second-order valence-electron chi connectivity index (χ2n) is 2.59. The molecule has 0 N–H and O–H groups in total. The molecule has 1 heterocycles. The molecule has 0 saturated carbocycles. The maximum Gasteiger partial charge on any atom is 0.433 e. The van der Waals surface area contributed by atoms with Crippen LogP contribution < -0.4 is 0 Å². The van der Waals surface area contributed by atoms with E-state index < -0.39 is 23.6 Å². The van der Waals surface area contributed by atoms with Crippen LogP contribution in [0, 0.1) is 0 Å². The van der Waals surface area contributed by atoms with Gasteiger partial charge in [-0.2, -0.15) is 26.3 Å². The molecule has 0 amide bonds. The summed E-state index contributed by atoms with van der Waals surface area (Å²) in [5.74, 6) is 0. The van der Waals surface area contributed by atoms with Gasteiger partial charge in [0.1, 0.15) is 0 Å². The monoisotopic (exact) mass is 247 g/mol. The summed E-state index contributed by atoms with van der Waals surface area (Å²) in [4.78, 5) is 2.41. The predicted octanol–water partition coefficient (Wildman–Crippen LogP) is 3.41. The molecule has 0 atom stereocenters. The van der Waals surface area contributed by atoms with Gasteiger partial charge in [-0.25, -0.2) is 0 Å². The minimum atomic E-state index is -5.13. The Bertz CT molecular complexity index is 369. The second-order valence-corrected chi connectivity index (χ2v) is 3.10. The molecule has 1 aromatic heterocycles. The van der Waals surface area contributed by atoms with Gasteiger partial charge in [0.25, 0.3) is 0 Å². The number of rotatable bonds is 0. The van der Waals surface area contributed by atoms with Crippen molar-refractivity contribution < 1.29 is 26.3 Å². The molecule has 0 bridgehead atoms. The van der Waals surface area contributed by atoms with E-state index in [1.54, 1.807) is 0 Å². The predicted molar refractivity (Wildman–Crippen MR) is 41.5 cm³/mol. The van der Waals surface area contributed by atoms with Crippen molar-refractivity contribution in [3.05, 3.63) is 23.5 Å². The lowest BCUT2D eigenvalue weighted by Gasteiger charge is -2.14. The van der Waals surface area contributed by atoms with Gasteiger partial charge in [0.15, 0.2) is 5.69 Å². The number of nitrogens with zero attached hydrogens (tertiary/aromatic N) is 1. The molecule has 0 unspecified atom stereocenters. The van der Waals surface area contributed by atoms with Gasteiger partial charge in [-0.3, -0.25) is 4.98 Å². The third-order valence-corrected chi connectivity index (χ3v) is 1.69. The van der Waals surface area contributed by atoms with Crippen molar-refractivity contribution in [3.63, 3.8) is 0 Å². The van der Waals surface area contributed by atoms with E-state index in [0.717, 1.165) is 0 Å². The Kier molecular flexibility index (Phi) is 2.90. The Balaban J connectivity index is 3.41. The van der Waals surface area contributed by atoms with Gasteiger partial charge in [0.2, 0.25) is 0 Å². The van der Waals surface area contributed by atoms with E-state index in [1.165, 1.54) is 0 Å². The van der Waals surface area contributed by atoms with Crippen LogP contribution in [0.25, 0.3) is 0 Å². The standard InChI is InChI=1S/C7H3F6NS/c8-6(9,10)4-1-3(15)2-14-5(4)7(11,12)13/h1-2,15H. The molecule has 0 aliphatic rings. The first-order valence-corrected chi connectivity index (χ1v) is 3.90. The highest BCUT2D eigenvalue weighted by atomic mass is 32.1. The quantitative estimate of drug-likeness (QED) is 0.547. The average Bonchev–Trinajstić information content (AvgIpc) is 2.00. The topological polar surface area (TPSA) is 12.9 Å². The van der Waals surface area contributed by atoms with E-state index in [1.807, 2.05) is 0 Å². The largest absolute Gasteiger partial charge is 0.433 e. The minimum Gasteiger partial charge on any atom is -0.250 e. The van der Waals surface area contributed by atoms with Crippen LogP contribution >= 0.6 is 12.6 Å². The van der Waals surface area contributed by atoms with Crippen molar-refractivity contribution in [2.45, 2.75) is 17.2 Å². The zero-order chi connectivity index (χ0) is 11.9. The molecule has 15 heavy (non-hydrogen) atoms. The third kappa shape index (κ3) is 2.77. The first-order valence-electron chi connectivity index (χ1n) is 3.46. The first kappa shape index (κ1) is 12.2. The van der Waals surface area contributed by atoms with E-state index in [-0.39, 0.29) is 4.90 Å². The number of halogens is 6. The fraction of sp³-hybridized carbons (Fsp3) is 0.286. The van der Waals surface area contributed by atoms with Crippen LogP contribution in [0.4, 0.5) is 26.3 Å². The van der Waals surface area contributed by atoms with Gasteiger partial charge in [0.05, 0.1) is 5.56 Å². The molecule has 0 fully saturated rings. The maximum absolute atomic E-state index is 12.2. The molecule has 84 valence electrons. The van der Waals surface area contributed by atoms with Crippen molar-refractivity contribution in [2.75, 3.05) is 0 Å². The average molecular weight is 247 g/mol. The number of aromatic nitrogens is 1. The summed E-state index contributed by atoms with van der Waals surface area (Å²) in [7, 11) is 0. The fourth-order valence-corrected chi connectivity index (χ4v) is 1.08. The van der Waals surface area contributed by atoms with Crippen molar-refractivity contribution in [1.82, 2.24) is 4.98 Å². The van der Waals surface area contributed by atoms with Gasteiger partial charge in [0, 0.05) is 11.1 Å². The highest BCUT2D eigenvalue weighted by Crippen LogP contribution is 2.39. The Labute approximate surface area is 85.5 Å². The van der Waals surface area contributed by atoms with Crippen molar-refractivity contribution in [3.8, 4) is 0 Å². The van der Waals surface area contributed by atoms with Crippen LogP contribution in [0.2, 0.25) is 0 Å². The number of hydrogen-bond donors (Lipinski definition) is 1. The fourth-order valence-electron chi connectivity index (χ4n) is 0.896. The molecule has 0 spiro atoms.